The first-order valence-corrected chi connectivity index (χ1v) is 5.86. The Bertz CT molecular complexity index is 150. The molecule has 14 heavy (non-hydrogen) atoms. The van der Waals surface area contributed by atoms with Crippen molar-refractivity contribution in [3.05, 3.63) is 0 Å². The van der Waals surface area contributed by atoms with Crippen LogP contribution in [0.5, 0.6) is 0 Å². The van der Waals surface area contributed by atoms with Crippen LogP contribution in [0.25, 0.3) is 0 Å². The number of hydrogen-bond acceptors (Lipinski definition) is 2. The summed E-state index contributed by atoms with van der Waals surface area (Å²) < 4.78 is 5.00. The molecule has 0 heterocycles. The zero-order chi connectivity index (χ0) is 10.4. The van der Waals surface area contributed by atoms with E-state index in [1.807, 2.05) is 0 Å². The Balaban J connectivity index is 2.29. The van der Waals surface area contributed by atoms with Gasteiger partial charge >= 0.3 is 0 Å². The molecule has 1 atom stereocenters. The van der Waals surface area contributed by atoms with Crippen LogP contribution in [-0.2, 0) is 4.74 Å². The van der Waals surface area contributed by atoms with Gasteiger partial charge in [-0.1, -0.05) is 26.2 Å². The Morgan fingerprint density at radius 2 is 1.93 bits per heavy atom. The average molecular weight is 200 g/mol. The van der Waals surface area contributed by atoms with Crippen LogP contribution in [0.4, 0.5) is 0 Å². The van der Waals surface area contributed by atoms with Crippen molar-refractivity contribution in [3.63, 3.8) is 0 Å². The van der Waals surface area contributed by atoms with Gasteiger partial charge in [-0.3, -0.25) is 0 Å². The van der Waals surface area contributed by atoms with Crippen molar-refractivity contribution in [3.8, 4) is 0 Å². The van der Waals surface area contributed by atoms with Gasteiger partial charge in [-0.2, -0.15) is 0 Å². The zero-order valence-corrected chi connectivity index (χ0v) is 9.59. The highest BCUT2D eigenvalue weighted by Crippen LogP contribution is 2.40. The van der Waals surface area contributed by atoms with Gasteiger partial charge in [-0.25, -0.2) is 0 Å². The first-order valence-electron chi connectivity index (χ1n) is 5.86. The highest BCUT2D eigenvalue weighted by molar-refractivity contribution is 4.85. The van der Waals surface area contributed by atoms with Crippen LogP contribution in [-0.4, -0.2) is 24.9 Å². The predicted molar refractivity (Wildman–Crippen MR) is 58.3 cm³/mol. The SMILES string of the molecule is COCCCC(O)C1(C)CCCCC1. The van der Waals surface area contributed by atoms with Crippen molar-refractivity contribution in [1.82, 2.24) is 0 Å². The minimum absolute atomic E-state index is 0.127. The van der Waals surface area contributed by atoms with E-state index in [0.29, 0.717) is 0 Å². The number of methoxy groups -OCH3 is 1. The second-order valence-electron chi connectivity index (χ2n) is 4.87. The van der Waals surface area contributed by atoms with Gasteiger partial charge in [-0.05, 0) is 31.1 Å². The van der Waals surface area contributed by atoms with Gasteiger partial charge in [0.1, 0.15) is 0 Å². The summed E-state index contributed by atoms with van der Waals surface area (Å²) in [4.78, 5) is 0. The summed E-state index contributed by atoms with van der Waals surface area (Å²) in [5.74, 6) is 0. The van der Waals surface area contributed by atoms with Crippen LogP contribution in [0.1, 0.15) is 51.9 Å². The van der Waals surface area contributed by atoms with Crippen molar-refractivity contribution < 1.29 is 9.84 Å². The van der Waals surface area contributed by atoms with Gasteiger partial charge in [-0.15, -0.1) is 0 Å². The van der Waals surface area contributed by atoms with Crippen molar-refractivity contribution in [2.75, 3.05) is 13.7 Å². The Morgan fingerprint density at radius 1 is 1.29 bits per heavy atom. The maximum Gasteiger partial charge on any atom is 0.0594 e. The lowest BCUT2D eigenvalue weighted by atomic mass is 9.71. The molecule has 2 heteroatoms. The molecule has 0 amide bonds. The van der Waals surface area contributed by atoms with Gasteiger partial charge in [0.25, 0.3) is 0 Å². The van der Waals surface area contributed by atoms with E-state index in [1.165, 1.54) is 32.1 Å². The highest BCUT2D eigenvalue weighted by atomic mass is 16.5. The molecule has 2 nitrogen and oxygen atoms in total. The van der Waals surface area contributed by atoms with Crippen molar-refractivity contribution in [1.29, 1.82) is 0 Å². The molecular formula is C12H24O2. The quantitative estimate of drug-likeness (QED) is 0.691. The Morgan fingerprint density at radius 3 is 2.50 bits per heavy atom. The van der Waals surface area contributed by atoms with Crippen LogP contribution >= 0.6 is 0 Å². The normalized spacial score (nSPS) is 23.4. The molecule has 0 radical (unpaired) electrons. The summed E-state index contributed by atoms with van der Waals surface area (Å²) in [6.07, 6.45) is 8.06. The number of aliphatic hydroxyl groups is 1. The second-order valence-corrected chi connectivity index (χ2v) is 4.87. The molecule has 0 aromatic heterocycles. The van der Waals surface area contributed by atoms with E-state index in [1.54, 1.807) is 7.11 Å². The van der Waals surface area contributed by atoms with Crippen molar-refractivity contribution in [2.24, 2.45) is 5.41 Å². The largest absolute Gasteiger partial charge is 0.393 e. The fourth-order valence-corrected chi connectivity index (χ4v) is 2.46. The summed E-state index contributed by atoms with van der Waals surface area (Å²) in [5, 5.41) is 10.1. The minimum Gasteiger partial charge on any atom is -0.393 e. The number of ether oxygens (including phenoxy) is 1. The van der Waals surface area contributed by atoms with E-state index in [2.05, 4.69) is 6.92 Å². The van der Waals surface area contributed by atoms with Gasteiger partial charge in [0.05, 0.1) is 6.10 Å². The van der Waals surface area contributed by atoms with Gasteiger partial charge < -0.3 is 9.84 Å². The molecule has 0 aromatic rings. The fraction of sp³-hybridized carbons (Fsp3) is 1.00. The predicted octanol–water partition coefficient (Wildman–Crippen LogP) is 2.74. The minimum atomic E-state index is -0.127. The maximum absolute atomic E-state index is 10.1. The lowest BCUT2D eigenvalue weighted by Gasteiger charge is -2.38. The first kappa shape index (κ1) is 12.0. The smallest absolute Gasteiger partial charge is 0.0594 e. The molecule has 84 valence electrons. The highest BCUT2D eigenvalue weighted by Gasteiger charge is 2.33. The first-order chi connectivity index (χ1) is 6.69. The van der Waals surface area contributed by atoms with Crippen molar-refractivity contribution in [2.45, 2.75) is 58.0 Å². The third-order valence-electron chi connectivity index (χ3n) is 3.63. The summed E-state index contributed by atoms with van der Waals surface area (Å²) >= 11 is 0. The van der Waals surface area contributed by atoms with E-state index in [-0.39, 0.29) is 11.5 Å². The molecule has 1 N–H and O–H groups in total. The lowest BCUT2D eigenvalue weighted by Crippen LogP contribution is -2.34. The van der Waals surface area contributed by atoms with E-state index >= 15 is 0 Å². The number of rotatable bonds is 5. The maximum atomic E-state index is 10.1. The monoisotopic (exact) mass is 200 g/mol. The van der Waals surface area contributed by atoms with Gasteiger partial charge in [0.15, 0.2) is 0 Å². The summed E-state index contributed by atoms with van der Waals surface area (Å²) in [7, 11) is 1.72. The standard InChI is InChI=1S/C12H24O2/c1-12(8-4-3-5-9-12)11(13)7-6-10-14-2/h11,13H,3-10H2,1-2H3. The third-order valence-corrected chi connectivity index (χ3v) is 3.63. The summed E-state index contributed by atoms with van der Waals surface area (Å²) in [5.41, 5.74) is 0.186. The number of hydrogen-bond donors (Lipinski definition) is 1. The van der Waals surface area contributed by atoms with Crippen LogP contribution in [0, 0.1) is 5.41 Å². The molecule has 1 aliphatic carbocycles. The number of aliphatic hydroxyl groups excluding tert-OH is 1. The molecule has 1 rings (SSSR count). The molecule has 0 aliphatic heterocycles. The average Bonchev–Trinajstić information content (AvgIpc) is 2.19. The van der Waals surface area contributed by atoms with Crippen LogP contribution in [0.3, 0.4) is 0 Å². The van der Waals surface area contributed by atoms with E-state index in [4.69, 9.17) is 4.74 Å². The molecule has 1 unspecified atom stereocenters. The molecule has 0 spiro atoms. The second kappa shape index (κ2) is 5.72. The molecule has 1 fully saturated rings. The van der Waals surface area contributed by atoms with Crippen LogP contribution in [0.15, 0.2) is 0 Å². The molecule has 0 saturated heterocycles. The molecular weight excluding hydrogens is 176 g/mol. The molecule has 0 aromatic carbocycles. The van der Waals surface area contributed by atoms with Gasteiger partial charge in [0, 0.05) is 13.7 Å². The van der Waals surface area contributed by atoms with E-state index in [0.717, 1.165) is 19.4 Å². The van der Waals surface area contributed by atoms with E-state index in [9.17, 15) is 5.11 Å². The lowest BCUT2D eigenvalue weighted by molar-refractivity contribution is -0.000800. The van der Waals surface area contributed by atoms with Gasteiger partial charge in [0.2, 0.25) is 0 Å². The molecule has 1 saturated carbocycles. The third kappa shape index (κ3) is 3.25. The Hall–Kier alpha value is -0.0800. The van der Waals surface area contributed by atoms with Crippen LogP contribution < -0.4 is 0 Å². The molecule has 0 bridgehead atoms. The van der Waals surface area contributed by atoms with E-state index < -0.39 is 0 Å². The van der Waals surface area contributed by atoms with Crippen LogP contribution in [0.2, 0.25) is 0 Å². The Kier molecular flexibility index (Phi) is 4.90. The molecule has 1 aliphatic rings. The Labute approximate surface area is 87.7 Å². The topological polar surface area (TPSA) is 29.5 Å². The van der Waals surface area contributed by atoms with Crippen molar-refractivity contribution >= 4 is 0 Å². The zero-order valence-electron chi connectivity index (χ0n) is 9.59. The fourth-order valence-electron chi connectivity index (χ4n) is 2.46. The summed E-state index contributed by atoms with van der Waals surface area (Å²) in [6.45, 7) is 3.01. The summed E-state index contributed by atoms with van der Waals surface area (Å²) in [6, 6.07) is 0.